The lowest BCUT2D eigenvalue weighted by atomic mass is 10.0. The molecule has 0 saturated carbocycles. The summed E-state index contributed by atoms with van der Waals surface area (Å²) in [5, 5.41) is 0. The molecule has 3 heteroatoms. The van der Waals surface area contributed by atoms with Crippen molar-refractivity contribution in [3.05, 3.63) is 0 Å². The molecule has 0 bridgehead atoms. The van der Waals surface area contributed by atoms with E-state index in [2.05, 4.69) is 13.8 Å². The van der Waals surface area contributed by atoms with Crippen molar-refractivity contribution in [3.8, 4) is 0 Å². The van der Waals surface area contributed by atoms with E-state index in [1.807, 2.05) is 0 Å². The maximum atomic E-state index is 11.3. The molecule has 1 unspecified atom stereocenters. The summed E-state index contributed by atoms with van der Waals surface area (Å²) in [6.07, 6.45) is 10.9. The van der Waals surface area contributed by atoms with E-state index in [0.29, 0.717) is 13.0 Å². The minimum atomic E-state index is -0.0626. The first kappa shape index (κ1) is 16.5. The van der Waals surface area contributed by atoms with Gasteiger partial charge in [-0.05, 0) is 12.3 Å². The molecule has 1 aliphatic heterocycles. The molecule has 0 radical (unpaired) electrons. The number of ether oxygens (including phenoxy) is 2. The summed E-state index contributed by atoms with van der Waals surface area (Å²) in [6, 6.07) is 0. The first-order valence-electron chi connectivity index (χ1n) is 7.95. The Bertz CT molecular complexity index is 234. The third-order valence-electron chi connectivity index (χ3n) is 3.49. The predicted molar refractivity (Wildman–Crippen MR) is 77.1 cm³/mol. The molecular weight excluding hydrogens is 240 g/mol. The van der Waals surface area contributed by atoms with Gasteiger partial charge in [-0.2, -0.15) is 0 Å². The highest BCUT2D eigenvalue weighted by molar-refractivity contribution is 5.69. The zero-order valence-electron chi connectivity index (χ0n) is 12.7. The Morgan fingerprint density at radius 3 is 2.26 bits per heavy atom. The molecule has 1 heterocycles. The monoisotopic (exact) mass is 270 g/mol. The summed E-state index contributed by atoms with van der Waals surface area (Å²) in [5.74, 6) is 0.777. The molecule has 1 atom stereocenters. The summed E-state index contributed by atoms with van der Waals surface area (Å²) in [6.45, 7) is 5.78. The lowest BCUT2D eigenvalue weighted by Crippen LogP contribution is -2.09. The fraction of sp³-hybridized carbons (Fsp3) is 0.938. The van der Waals surface area contributed by atoms with Crippen LogP contribution in [0.2, 0.25) is 0 Å². The Hall–Kier alpha value is -0.570. The molecule has 19 heavy (non-hydrogen) atoms. The van der Waals surface area contributed by atoms with E-state index in [0.717, 1.165) is 25.4 Å². The summed E-state index contributed by atoms with van der Waals surface area (Å²) >= 11 is 0. The highest BCUT2D eigenvalue weighted by Gasteiger charge is 2.23. The molecule has 1 saturated heterocycles. The average Bonchev–Trinajstić information content (AvgIpc) is 3.18. The van der Waals surface area contributed by atoms with Gasteiger partial charge in [0.2, 0.25) is 0 Å². The molecule has 1 rings (SSSR count). The Balaban J connectivity index is 1.73. The van der Waals surface area contributed by atoms with Gasteiger partial charge in [0, 0.05) is 6.42 Å². The van der Waals surface area contributed by atoms with Gasteiger partial charge < -0.3 is 9.47 Å². The molecule has 0 aliphatic carbocycles. The summed E-state index contributed by atoms with van der Waals surface area (Å²) in [4.78, 5) is 11.3. The summed E-state index contributed by atoms with van der Waals surface area (Å²) in [7, 11) is 0. The van der Waals surface area contributed by atoms with Crippen molar-refractivity contribution in [2.45, 2.75) is 77.7 Å². The van der Waals surface area contributed by atoms with Crippen molar-refractivity contribution in [3.63, 3.8) is 0 Å². The number of rotatable bonds is 12. The van der Waals surface area contributed by atoms with Crippen molar-refractivity contribution in [2.75, 3.05) is 13.2 Å². The lowest BCUT2D eigenvalue weighted by molar-refractivity contribution is -0.144. The molecule has 1 aliphatic rings. The maximum absolute atomic E-state index is 11.3. The molecule has 0 N–H and O–H groups in total. The zero-order valence-corrected chi connectivity index (χ0v) is 12.7. The topological polar surface area (TPSA) is 38.8 Å². The van der Waals surface area contributed by atoms with Crippen LogP contribution in [-0.2, 0) is 14.3 Å². The number of unbranched alkanes of at least 4 members (excludes halogenated alkanes) is 6. The fourth-order valence-corrected chi connectivity index (χ4v) is 2.13. The molecule has 112 valence electrons. The van der Waals surface area contributed by atoms with Crippen LogP contribution in [0.4, 0.5) is 0 Å². The van der Waals surface area contributed by atoms with E-state index in [9.17, 15) is 4.79 Å². The molecule has 0 amide bonds. The number of carbonyl (C=O) groups is 1. The molecule has 0 aromatic heterocycles. The molecule has 0 aromatic rings. The number of carbonyl (C=O) groups excluding carboxylic acids is 1. The van der Waals surface area contributed by atoms with E-state index < -0.39 is 0 Å². The number of hydrogen-bond donors (Lipinski definition) is 0. The van der Waals surface area contributed by atoms with E-state index >= 15 is 0 Å². The van der Waals surface area contributed by atoms with Crippen LogP contribution in [-0.4, -0.2) is 25.3 Å². The summed E-state index contributed by atoms with van der Waals surface area (Å²) < 4.78 is 10.1. The van der Waals surface area contributed by atoms with E-state index in [-0.39, 0.29) is 12.1 Å². The minimum Gasteiger partial charge on any atom is -0.463 e. The van der Waals surface area contributed by atoms with Crippen LogP contribution < -0.4 is 0 Å². The van der Waals surface area contributed by atoms with E-state index in [1.165, 1.54) is 38.5 Å². The second kappa shape index (κ2) is 10.2. The normalized spacial score (nSPS) is 17.7. The molecule has 1 fully saturated rings. The highest BCUT2D eigenvalue weighted by Crippen LogP contribution is 2.13. The Morgan fingerprint density at radius 2 is 1.68 bits per heavy atom. The van der Waals surface area contributed by atoms with Crippen molar-refractivity contribution >= 4 is 5.97 Å². The van der Waals surface area contributed by atoms with Crippen LogP contribution in [0, 0.1) is 5.92 Å². The van der Waals surface area contributed by atoms with Crippen LogP contribution in [0.1, 0.15) is 71.6 Å². The van der Waals surface area contributed by atoms with Gasteiger partial charge in [0.25, 0.3) is 0 Å². The highest BCUT2D eigenvalue weighted by atomic mass is 16.6. The average molecular weight is 270 g/mol. The number of esters is 1. The van der Waals surface area contributed by atoms with Crippen molar-refractivity contribution in [2.24, 2.45) is 5.92 Å². The Morgan fingerprint density at radius 1 is 1.11 bits per heavy atom. The van der Waals surface area contributed by atoms with Gasteiger partial charge in [0.1, 0.15) is 12.7 Å². The van der Waals surface area contributed by atoms with Crippen LogP contribution >= 0.6 is 0 Å². The van der Waals surface area contributed by atoms with Gasteiger partial charge in [-0.25, -0.2) is 0 Å². The quantitative estimate of drug-likeness (QED) is 0.304. The standard InChI is InChI=1S/C16H30O3/c1-14(2)10-8-6-4-3-5-7-9-11-16(17)19-13-15-12-18-15/h14-15H,3-13H2,1-2H3. The third-order valence-corrected chi connectivity index (χ3v) is 3.49. The zero-order chi connectivity index (χ0) is 13.9. The third kappa shape index (κ3) is 11.0. The lowest BCUT2D eigenvalue weighted by Gasteiger charge is -2.05. The first-order chi connectivity index (χ1) is 9.18. The van der Waals surface area contributed by atoms with Crippen LogP contribution in [0.5, 0.6) is 0 Å². The van der Waals surface area contributed by atoms with Crippen LogP contribution in [0.25, 0.3) is 0 Å². The van der Waals surface area contributed by atoms with Crippen molar-refractivity contribution in [1.29, 1.82) is 0 Å². The SMILES string of the molecule is CC(C)CCCCCCCCCC(=O)OCC1CO1. The van der Waals surface area contributed by atoms with Gasteiger partial charge >= 0.3 is 5.97 Å². The van der Waals surface area contributed by atoms with Crippen LogP contribution in [0.15, 0.2) is 0 Å². The fourth-order valence-electron chi connectivity index (χ4n) is 2.13. The van der Waals surface area contributed by atoms with Gasteiger partial charge in [-0.15, -0.1) is 0 Å². The second-order valence-electron chi connectivity index (χ2n) is 6.05. The molecule has 3 nitrogen and oxygen atoms in total. The first-order valence-corrected chi connectivity index (χ1v) is 7.95. The van der Waals surface area contributed by atoms with Gasteiger partial charge in [-0.1, -0.05) is 58.8 Å². The second-order valence-corrected chi connectivity index (χ2v) is 6.05. The number of hydrogen-bond acceptors (Lipinski definition) is 3. The Kier molecular flexibility index (Phi) is 8.89. The molecule has 0 spiro atoms. The molecular formula is C16H30O3. The van der Waals surface area contributed by atoms with Gasteiger partial charge in [0.15, 0.2) is 0 Å². The van der Waals surface area contributed by atoms with Crippen molar-refractivity contribution < 1.29 is 14.3 Å². The smallest absolute Gasteiger partial charge is 0.305 e. The van der Waals surface area contributed by atoms with Gasteiger partial charge in [-0.3, -0.25) is 4.79 Å². The largest absolute Gasteiger partial charge is 0.463 e. The van der Waals surface area contributed by atoms with Crippen LogP contribution in [0.3, 0.4) is 0 Å². The Labute approximate surface area is 118 Å². The molecule has 0 aromatic carbocycles. The number of epoxide rings is 1. The van der Waals surface area contributed by atoms with Gasteiger partial charge in [0.05, 0.1) is 6.61 Å². The van der Waals surface area contributed by atoms with E-state index in [1.54, 1.807) is 0 Å². The van der Waals surface area contributed by atoms with Crippen molar-refractivity contribution in [1.82, 2.24) is 0 Å². The summed E-state index contributed by atoms with van der Waals surface area (Å²) in [5.41, 5.74) is 0. The van der Waals surface area contributed by atoms with E-state index in [4.69, 9.17) is 9.47 Å². The maximum Gasteiger partial charge on any atom is 0.305 e. The minimum absolute atomic E-state index is 0.0626. The predicted octanol–water partition coefficient (Wildman–Crippen LogP) is 4.10.